The van der Waals surface area contributed by atoms with Crippen molar-refractivity contribution in [1.82, 2.24) is 4.90 Å². The molecule has 0 heterocycles. The van der Waals surface area contributed by atoms with Crippen LogP contribution < -0.4 is 0 Å². The third-order valence-corrected chi connectivity index (χ3v) is 5.08. The summed E-state index contributed by atoms with van der Waals surface area (Å²) < 4.78 is 0. The molecule has 1 aliphatic rings. The number of halogens is 1. The lowest BCUT2D eigenvalue weighted by atomic mass is 9.98. The fourth-order valence-corrected chi connectivity index (χ4v) is 3.56. The molecule has 0 radical (unpaired) electrons. The van der Waals surface area contributed by atoms with E-state index in [0.29, 0.717) is 0 Å². The van der Waals surface area contributed by atoms with Crippen LogP contribution in [0.1, 0.15) is 36.1 Å². The van der Waals surface area contributed by atoms with E-state index in [1.807, 2.05) is 6.07 Å². The number of hydrogen-bond donors (Lipinski definition) is 0. The van der Waals surface area contributed by atoms with Crippen LogP contribution >= 0.6 is 11.6 Å². The molecule has 0 fully saturated rings. The summed E-state index contributed by atoms with van der Waals surface area (Å²) in [7, 11) is 0. The lowest BCUT2D eigenvalue weighted by molar-refractivity contribution is 0.313. The fourth-order valence-electron chi connectivity index (χ4n) is 3.38. The molecule has 2 nitrogen and oxygen atoms in total. The molecule has 126 valence electrons. The van der Waals surface area contributed by atoms with Crippen LogP contribution in [0.2, 0.25) is 5.02 Å². The Morgan fingerprint density at radius 2 is 1.67 bits per heavy atom. The highest BCUT2D eigenvalue weighted by molar-refractivity contribution is 6.31. The maximum atomic E-state index is 6.29. The molecule has 0 amide bonds. The number of nitrogens with zero attached hydrogens (tertiary/aromatic N) is 2. The van der Waals surface area contributed by atoms with Gasteiger partial charge in [0.1, 0.15) is 0 Å². The molecule has 0 saturated carbocycles. The summed E-state index contributed by atoms with van der Waals surface area (Å²) in [6.45, 7) is 8.35. The lowest BCUT2D eigenvalue weighted by Crippen LogP contribution is -2.26. The first-order chi connectivity index (χ1) is 11.7. The van der Waals surface area contributed by atoms with Crippen LogP contribution in [0.4, 0.5) is 0 Å². The molecule has 2 aromatic carbocycles. The topological polar surface area (TPSA) is 15.6 Å². The molecule has 0 spiro atoms. The van der Waals surface area contributed by atoms with Crippen LogP contribution in [0.25, 0.3) is 0 Å². The Morgan fingerprint density at radius 1 is 0.958 bits per heavy atom. The van der Waals surface area contributed by atoms with Crippen LogP contribution in [0, 0.1) is 0 Å². The predicted molar refractivity (Wildman–Crippen MR) is 104 cm³/mol. The van der Waals surface area contributed by atoms with E-state index in [1.165, 1.54) is 22.3 Å². The van der Waals surface area contributed by atoms with Crippen LogP contribution in [-0.2, 0) is 12.8 Å². The zero-order valence-electron chi connectivity index (χ0n) is 14.6. The first-order valence-corrected chi connectivity index (χ1v) is 9.24. The molecule has 0 bridgehead atoms. The Kier molecular flexibility index (Phi) is 5.70. The minimum Gasteiger partial charge on any atom is -0.302 e. The van der Waals surface area contributed by atoms with Crippen molar-refractivity contribution in [2.75, 3.05) is 26.2 Å². The van der Waals surface area contributed by atoms with E-state index < -0.39 is 0 Å². The van der Waals surface area contributed by atoms with E-state index >= 15 is 0 Å². The van der Waals surface area contributed by atoms with Gasteiger partial charge >= 0.3 is 0 Å². The second-order valence-electron chi connectivity index (χ2n) is 6.22. The normalized spacial score (nSPS) is 15.2. The summed E-state index contributed by atoms with van der Waals surface area (Å²) in [5, 5.41) is 0.782. The van der Waals surface area contributed by atoms with E-state index in [0.717, 1.165) is 49.8 Å². The standard InChI is InChI=1S/C21H25ClN2/c1-3-24(4-2)14-13-23-21-19-8-6-5-7-16(19)9-10-17-11-12-18(22)15-20(17)21/h5-8,11-12,15H,3-4,9-10,13-14H2,1-2H3/b23-21-. The summed E-state index contributed by atoms with van der Waals surface area (Å²) in [4.78, 5) is 7.43. The fraction of sp³-hybridized carbons (Fsp3) is 0.381. The summed E-state index contributed by atoms with van der Waals surface area (Å²) in [5.41, 5.74) is 6.29. The molecular weight excluding hydrogens is 316 g/mol. The van der Waals surface area contributed by atoms with Crippen LogP contribution in [0.5, 0.6) is 0 Å². The van der Waals surface area contributed by atoms with Gasteiger partial charge < -0.3 is 4.90 Å². The molecule has 24 heavy (non-hydrogen) atoms. The highest BCUT2D eigenvalue weighted by atomic mass is 35.5. The molecule has 0 aliphatic heterocycles. The van der Waals surface area contributed by atoms with Crippen molar-refractivity contribution in [1.29, 1.82) is 0 Å². The predicted octanol–water partition coefficient (Wildman–Crippen LogP) is 4.62. The van der Waals surface area contributed by atoms with Gasteiger partial charge in [-0.25, -0.2) is 0 Å². The number of hydrogen-bond acceptors (Lipinski definition) is 2. The second-order valence-corrected chi connectivity index (χ2v) is 6.65. The zero-order chi connectivity index (χ0) is 16.9. The molecule has 3 rings (SSSR count). The Balaban J connectivity index is 2.00. The maximum Gasteiger partial charge on any atom is 0.0725 e. The van der Waals surface area contributed by atoms with Gasteiger partial charge in [-0.3, -0.25) is 4.99 Å². The molecule has 1 aliphatic carbocycles. The minimum absolute atomic E-state index is 0.782. The van der Waals surface area contributed by atoms with Crippen molar-refractivity contribution in [3.8, 4) is 0 Å². The molecule has 0 aromatic heterocycles. The minimum atomic E-state index is 0.782. The van der Waals surface area contributed by atoms with Gasteiger partial charge in [-0.15, -0.1) is 0 Å². The highest BCUT2D eigenvalue weighted by Gasteiger charge is 2.19. The number of rotatable bonds is 5. The second kappa shape index (κ2) is 7.96. The summed E-state index contributed by atoms with van der Waals surface area (Å²) in [5.74, 6) is 0. The quantitative estimate of drug-likeness (QED) is 0.775. The molecule has 0 atom stereocenters. The van der Waals surface area contributed by atoms with Gasteiger partial charge in [-0.1, -0.05) is 55.8 Å². The van der Waals surface area contributed by atoms with E-state index in [1.54, 1.807) is 0 Å². The molecule has 2 aromatic rings. The monoisotopic (exact) mass is 340 g/mol. The van der Waals surface area contributed by atoms with Gasteiger partial charge in [0, 0.05) is 22.7 Å². The molecule has 0 saturated heterocycles. The number of aryl methyl sites for hydroxylation is 2. The van der Waals surface area contributed by atoms with Gasteiger partial charge in [0.25, 0.3) is 0 Å². The van der Waals surface area contributed by atoms with Crippen molar-refractivity contribution in [3.63, 3.8) is 0 Å². The molecular formula is C21H25ClN2. The lowest BCUT2D eigenvalue weighted by Gasteiger charge is -2.17. The van der Waals surface area contributed by atoms with Crippen LogP contribution in [0.3, 0.4) is 0 Å². The van der Waals surface area contributed by atoms with Crippen molar-refractivity contribution in [2.45, 2.75) is 26.7 Å². The average molecular weight is 341 g/mol. The Hall–Kier alpha value is -1.64. The summed E-state index contributed by atoms with van der Waals surface area (Å²) in [6, 6.07) is 14.9. The Labute approximate surface area is 150 Å². The average Bonchev–Trinajstić information content (AvgIpc) is 2.76. The SMILES string of the molecule is CCN(CC)CC/N=C1/c2ccccc2CCc2ccc(Cl)cc21. The van der Waals surface area contributed by atoms with Crippen molar-refractivity contribution >= 4 is 17.3 Å². The van der Waals surface area contributed by atoms with E-state index in [9.17, 15) is 0 Å². The van der Waals surface area contributed by atoms with Gasteiger partial charge in [0.05, 0.1) is 12.3 Å². The Morgan fingerprint density at radius 3 is 2.42 bits per heavy atom. The van der Waals surface area contributed by atoms with Gasteiger partial charge in [-0.05, 0) is 49.2 Å². The van der Waals surface area contributed by atoms with Crippen LogP contribution in [-0.4, -0.2) is 36.8 Å². The smallest absolute Gasteiger partial charge is 0.0725 e. The van der Waals surface area contributed by atoms with Crippen molar-refractivity contribution < 1.29 is 0 Å². The van der Waals surface area contributed by atoms with E-state index in [2.05, 4.69) is 55.1 Å². The number of likely N-dealkylation sites (N-methyl/N-ethyl adjacent to an activating group) is 1. The Bertz CT molecular complexity index is 732. The summed E-state index contributed by atoms with van der Waals surface area (Å²) >= 11 is 6.29. The van der Waals surface area contributed by atoms with Crippen LogP contribution in [0.15, 0.2) is 47.5 Å². The van der Waals surface area contributed by atoms with Crippen molar-refractivity contribution in [2.24, 2.45) is 4.99 Å². The maximum absolute atomic E-state index is 6.29. The first-order valence-electron chi connectivity index (χ1n) is 8.86. The molecule has 0 N–H and O–H groups in total. The first kappa shape index (κ1) is 17.2. The molecule has 0 unspecified atom stereocenters. The largest absolute Gasteiger partial charge is 0.302 e. The third-order valence-electron chi connectivity index (χ3n) is 4.84. The van der Waals surface area contributed by atoms with Gasteiger partial charge in [0.2, 0.25) is 0 Å². The highest BCUT2D eigenvalue weighted by Crippen LogP contribution is 2.27. The third kappa shape index (κ3) is 3.71. The number of benzene rings is 2. The molecule has 3 heteroatoms. The summed E-state index contributed by atoms with van der Waals surface area (Å²) in [6.07, 6.45) is 2.10. The van der Waals surface area contributed by atoms with E-state index in [4.69, 9.17) is 16.6 Å². The van der Waals surface area contributed by atoms with E-state index in [-0.39, 0.29) is 0 Å². The van der Waals surface area contributed by atoms with Gasteiger partial charge in [0.15, 0.2) is 0 Å². The van der Waals surface area contributed by atoms with Gasteiger partial charge in [-0.2, -0.15) is 0 Å². The van der Waals surface area contributed by atoms with Crippen molar-refractivity contribution in [3.05, 3.63) is 69.7 Å². The number of aliphatic imine (C=N–C) groups is 1. The number of fused-ring (bicyclic) bond motifs is 2. The zero-order valence-corrected chi connectivity index (χ0v) is 15.3.